The standard InChI is InChI=1S/C24H24ClN3O2/c1-30-21-9-7-17(8-10-21)14-22(29)28-13-3-5-19(16-28)24-23(26-11-12-27-24)18-4-2-6-20(25)15-18/h2,4,6-12,15,19H,3,5,13-14,16H2,1H3/t19-/m0/s1. The van der Waals surface area contributed by atoms with Crippen LogP contribution in [0.1, 0.15) is 30.0 Å². The summed E-state index contributed by atoms with van der Waals surface area (Å²) in [7, 11) is 1.64. The Morgan fingerprint density at radius 2 is 1.97 bits per heavy atom. The summed E-state index contributed by atoms with van der Waals surface area (Å²) in [4.78, 5) is 24.1. The van der Waals surface area contributed by atoms with Crippen molar-refractivity contribution in [2.45, 2.75) is 25.2 Å². The van der Waals surface area contributed by atoms with Gasteiger partial charge in [-0.1, -0.05) is 35.9 Å². The fourth-order valence-electron chi connectivity index (χ4n) is 3.96. The van der Waals surface area contributed by atoms with Gasteiger partial charge < -0.3 is 9.64 Å². The number of methoxy groups -OCH3 is 1. The maximum atomic E-state index is 12.9. The summed E-state index contributed by atoms with van der Waals surface area (Å²) in [5.74, 6) is 1.08. The van der Waals surface area contributed by atoms with Crippen LogP contribution in [0.2, 0.25) is 5.02 Å². The van der Waals surface area contributed by atoms with E-state index in [2.05, 4.69) is 9.97 Å². The lowest BCUT2D eigenvalue weighted by atomic mass is 9.91. The summed E-state index contributed by atoms with van der Waals surface area (Å²) in [6, 6.07) is 15.3. The first-order chi connectivity index (χ1) is 14.6. The minimum atomic E-state index is 0.137. The van der Waals surface area contributed by atoms with Crippen molar-refractivity contribution in [1.82, 2.24) is 14.9 Å². The van der Waals surface area contributed by atoms with Crippen LogP contribution in [0.3, 0.4) is 0 Å². The molecule has 1 saturated heterocycles. The van der Waals surface area contributed by atoms with Gasteiger partial charge in [-0.2, -0.15) is 0 Å². The van der Waals surface area contributed by atoms with Gasteiger partial charge >= 0.3 is 0 Å². The van der Waals surface area contributed by atoms with Crippen molar-refractivity contribution in [2.24, 2.45) is 0 Å². The number of hydrogen-bond donors (Lipinski definition) is 0. The Labute approximate surface area is 181 Å². The Morgan fingerprint density at radius 1 is 1.17 bits per heavy atom. The Morgan fingerprint density at radius 3 is 2.73 bits per heavy atom. The van der Waals surface area contributed by atoms with Gasteiger partial charge in [-0.15, -0.1) is 0 Å². The second kappa shape index (κ2) is 9.26. The van der Waals surface area contributed by atoms with E-state index in [4.69, 9.17) is 16.3 Å². The van der Waals surface area contributed by atoms with Crippen molar-refractivity contribution in [2.75, 3.05) is 20.2 Å². The molecular formula is C24H24ClN3O2. The molecule has 1 aliphatic rings. The second-order valence-corrected chi connectivity index (χ2v) is 7.94. The average molecular weight is 422 g/mol. The molecule has 1 atom stereocenters. The highest BCUT2D eigenvalue weighted by molar-refractivity contribution is 6.30. The summed E-state index contributed by atoms with van der Waals surface area (Å²) >= 11 is 6.18. The smallest absolute Gasteiger partial charge is 0.227 e. The third-order valence-electron chi connectivity index (χ3n) is 5.50. The zero-order chi connectivity index (χ0) is 20.9. The number of rotatable bonds is 5. The molecule has 5 nitrogen and oxygen atoms in total. The number of carbonyl (C=O) groups excluding carboxylic acids is 1. The monoisotopic (exact) mass is 421 g/mol. The highest BCUT2D eigenvalue weighted by Gasteiger charge is 2.28. The van der Waals surface area contributed by atoms with Crippen LogP contribution in [0.15, 0.2) is 60.9 Å². The van der Waals surface area contributed by atoms with Gasteiger partial charge in [0, 0.05) is 42.0 Å². The van der Waals surface area contributed by atoms with E-state index in [0.717, 1.165) is 47.7 Å². The van der Waals surface area contributed by atoms with Crippen LogP contribution in [0.4, 0.5) is 0 Å². The lowest BCUT2D eigenvalue weighted by Gasteiger charge is -2.33. The summed E-state index contributed by atoms with van der Waals surface area (Å²) in [5, 5.41) is 0.670. The molecule has 1 fully saturated rings. The Hall–Kier alpha value is -2.92. The molecule has 0 bridgehead atoms. The maximum absolute atomic E-state index is 12.9. The van der Waals surface area contributed by atoms with Crippen LogP contribution in [0.25, 0.3) is 11.3 Å². The van der Waals surface area contributed by atoms with Crippen molar-refractivity contribution < 1.29 is 9.53 Å². The van der Waals surface area contributed by atoms with E-state index in [1.807, 2.05) is 53.4 Å². The molecule has 1 amide bonds. The number of carbonyl (C=O) groups is 1. The second-order valence-electron chi connectivity index (χ2n) is 7.50. The number of amides is 1. The molecule has 2 aromatic carbocycles. The van der Waals surface area contributed by atoms with Crippen LogP contribution in [0, 0.1) is 0 Å². The molecule has 0 aliphatic carbocycles. The number of aromatic nitrogens is 2. The number of benzene rings is 2. The molecule has 1 aromatic heterocycles. The van der Waals surface area contributed by atoms with Gasteiger partial charge in [-0.3, -0.25) is 14.8 Å². The molecular weight excluding hydrogens is 398 g/mol. The zero-order valence-electron chi connectivity index (χ0n) is 16.9. The normalized spacial score (nSPS) is 16.3. The minimum Gasteiger partial charge on any atom is -0.497 e. The molecule has 30 heavy (non-hydrogen) atoms. The largest absolute Gasteiger partial charge is 0.497 e. The first kappa shape index (κ1) is 20.4. The van der Waals surface area contributed by atoms with E-state index in [1.54, 1.807) is 19.5 Å². The molecule has 0 unspecified atom stereocenters. The van der Waals surface area contributed by atoms with E-state index >= 15 is 0 Å². The van der Waals surface area contributed by atoms with E-state index in [0.29, 0.717) is 18.0 Å². The summed E-state index contributed by atoms with van der Waals surface area (Å²) < 4.78 is 5.19. The van der Waals surface area contributed by atoms with Crippen LogP contribution in [-0.2, 0) is 11.2 Å². The average Bonchev–Trinajstić information content (AvgIpc) is 2.79. The third-order valence-corrected chi connectivity index (χ3v) is 5.73. The lowest BCUT2D eigenvalue weighted by Crippen LogP contribution is -2.40. The van der Waals surface area contributed by atoms with Gasteiger partial charge in [0.05, 0.1) is 24.9 Å². The SMILES string of the molecule is COc1ccc(CC(=O)N2CCC[C@H](c3nccnc3-c3cccc(Cl)c3)C2)cc1. The van der Waals surface area contributed by atoms with E-state index in [-0.39, 0.29) is 11.8 Å². The van der Waals surface area contributed by atoms with Gasteiger partial charge in [0.25, 0.3) is 0 Å². The molecule has 3 aromatic rings. The minimum absolute atomic E-state index is 0.137. The van der Waals surface area contributed by atoms with E-state index in [9.17, 15) is 4.79 Å². The van der Waals surface area contributed by atoms with Gasteiger partial charge in [-0.25, -0.2) is 0 Å². The number of halogens is 1. The highest BCUT2D eigenvalue weighted by atomic mass is 35.5. The van der Waals surface area contributed by atoms with Crippen LogP contribution in [0.5, 0.6) is 5.75 Å². The summed E-state index contributed by atoms with van der Waals surface area (Å²) in [6.45, 7) is 1.43. The quantitative estimate of drug-likeness (QED) is 0.596. The fourth-order valence-corrected chi connectivity index (χ4v) is 4.15. The predicted molar refractivity (Wildman–Crippen MR) is 118 cm³/mol. The molecule has 2 heterocycles. The zero-order valence-corrected chi connectivity index (χ0v) is 17.7. The first-order valence-corrected chi connectivity index (χ1v) is 10.5. The molecule has 154 valence electrons. The number of likely N-dealkylation sites (tertiary alicyclic amines) is 1. The van der Waals surface area contributed by atoms with Gasteiger partial charge in [0.1, 0.15) is 5.75 Å². The van der Waals surface area contributed by atoms with Gasteiger partial charge in [-0.05, 0) is 42.7 Å². The van der Waals surface area contributed by atoms with Crippen LogP contribution >= 0.6 is 11.6 Å². The fraction of sp³-hybridized carbons (Fsp3) is 0.292. The lowest BCUT2D eigenvalue weighted by molar-refractivity contribution is -0.131. The van der Waals surface area contributed by atoms with Crippen LogP contribution in [-0.4, -0.2) is 41.0 Å². The molecule has 0 saturated carbocycles. The van der Waals surface area contributed by atoms with E-state index in [1.165, 1.54) is 0 Å². The van der Waals surface area contributed by atoms with Crippen molar-refractivity contribution in [3.8, 4) is 17.0 Å². The molecule has 0 N–H and O–H groups in total. The summed E-state index contributed by atoms with van der Waals surface area (Å²) in [5.41, 5.74) is 3.71. The number of nitrogens with zero attached hydrogens (tertiary/aromatic N) is 3. The van der Waals surface area contributed by atoms with Crippen molar-refractivity contribution in [3.05, 3.63) is 77.2 Å². The molecule has 6 heteroatoms. The van der Waals surface area contributed by atoms with Gasteiger partial charge in [0.15, 0.2) is 0 Å². The first-order valence-electron chi connectivity index (χ1n) is 10.1. The molecule has 4 rings (SSSR count). The van der Waals surface area contributed by atoms with Crippen molar-refractivity contribution in [3.63, 3.8) is 0 Å². The van der Waals surface area contributed by atoms with E-state index < -0.39 is 0 Å². The Kier molecular flexibility index (Phi) is 6.29. The van der Waals surface area contributed by atoms with Crippen LogP contribution < -0.4 is 4.74 Å². The maximum Gasteiger partial charge on any atom is 0.227 e. The predicted octanol–water partition coefficient (Wildman–Crippen LogP) is 4.75. The molecule has 1 aliphatic heterocycles. The van der Waals surface area contributed by atoms with Crippen molar-refractivity contribution >= 4 is 17.5 Å². The Bertz CT molecular complexity index is 1020. The third kappa shape index (κ3) is 4.62. The highest BCUT2D eigenvalue weighted by Crippen LogP contribution is 2.32. The summed E-state index contributed by atoms with van der Waals surface area (Å²) in [6.07, 6.45) is 5.75. The molecule has 0 spiro atoms. The number of ether oxygens (including phenoxy) is 1. The van der Waals surface area contributed by atoms with Crippen molar-refractivity contribution in [1.29, 1.82) is 0 Å². The molecule has 0 radical (unpaired) electrons. The Balaban J connectivity index is 1.51. The topological polar surface area (TPSA) is 55.3 Å². The number of piperidine rings is 1. The number of hydrogen-bond acceptors (Lipinski definition) is 4. The van der Waals surface area contributed by atoms with Gasteiger partial charge in [0.2, 0.25) is 5.91 Å².